The third-order valence-electron chi connectivity index (χ3n) is 2.91. The zero-order valence-electron chi connectivity index (χ0n) is 12.7. The molecule has 0 aromatic heterocycles. The fourth-order valence-corrected chi connectivity index (χ4v) is 1.85. The van der Waals surface area contributed by atoms with Gasteiger partial charge < -0.3 is 10.1 Å². The zero-order valence-corrected chi connectivity index (χ0v) is 12.7. The number of carbonyl (C=O) groups excluding carboxylic acids is 2. The summed E-state index contributed by atoms with van der Waals surface area (Å²) in [6.07, 6.45) is 0.669. The molecule has 0 saturated heterocycles. The van der Waals surface area contributed by atoms with Crippen LogP contribution in [0.2, 0.25) is 0 Å². The monoisotopic (exact) mass is 277 g/mol. The highest BCUT2D eigenvalue weighted by molar-refractivity contribution is 5.84. The van der Waals surface area contributed by atoms with Gasteiger partial charge in [0, 0.05) is 6.42 Å². The van der Waals surface area contributed by atoms with Crippen molar-refractivity contribution in [3.8, 4) is 5.75 Å². The van der Waals surface area contributed by atoms with Crippen molar-refractivity contribution in [3.05, 3.63) is 29.3 Å². The van der Waals surface area contributed by atoms with Gasteiger partial charge in [-0.3, -0.25) is 4.79 Å². The number of ether oxygens (including phenoxy) is 1. The summed E-state index contributed by atoms with van der Waals surface area (Å²) in [5.41, 5.74) is 2.16. The van der Waals surface area contributed by atoms with Gasteiger partial charge in [-0.15, -0.1) is 0 Å². The molecule has 0 aliphatic carbocycles. The molecule has 0 aliphatic rings. The Hall–Kier alpha value is -1.84. The van der Waals surface area contributed by atoms with Crippen LogP contribution in [-0.2, 0) is 4.79 Å². The van der Waals surface area contributed by atoms with Crippen LogP contribution in [0.4, 0.5) is 4.79 Å². The first-order valence-electron chi connectivity index (χ1n) is 7.01. The Morgan fingerprint density at radius 1 is 1.25 bits per heavy atom. The van der Waals surface area contributed by atoms with E-state index in [-0.39, 0.29) is 12.3 Å². The second kappa shape index (κ2) is 7.68. The van der Waals surface area contributed by atoms with E-state index in [1.54, 1.807) is 6.07 Å². The van der Waals surface area contributed by atoms with Crippen molar-refractivity contribution in [1.82, 2.24) is 5.32 Å². The predicted molar refractivity (Wildman–Crippen MR) is 79.2 cm³/mol. The van der Waals surface area contributed by atoms with Crippen LogP contribution in [-0.4, -0.2) is 18.4 Å². The summed E-state index contributed by atoms with van der Waals surface area (Å²) in [6, 6.07) is 5.73. The van der Waals surface area contributed by atoms with E-state index in [1.807, 2.05) is 19.9 Å². The highest BCUT2D eigenvalue weighted by Gasteiger charge is 2.09. The molecule has 0 saturated carbocycles. The SMILES string of the molecule is CCCC(=O)CNC(=O)Oc1cc(C)cc(C(C)C)c1. The van der Waals surface area contributed by atoms with Crippen LogP contribution >= 0.6 is 0 Å². The Morgan fingerprint density at radius 2 is 1.95 bits per heavy atom. The largest absolute Gasteiger partial charge is 0.412 e. The Labute approximate surface area is 120 Å². The van der Waals surface area contributed by atoms with Crippen LogP contribution in [0.3, 0.4) is 0 Å². The molecule has 1 rings (SSSR count). The van der Waals surface area contributed by atoms with Gasteiger partial charge in [-0.05, 0) is 42.5 Å². The lowest BCUT2D eigenvalue weighted by Gasteiger charge is -2.11. The number of hydrogen-bond acceptors (Lipinski definition) is 3. The maximum atomic E-state index is 11.6. The van der Waals surface area contributed by atoms with E-state index in [2.05, 4.69) is 25.2 Å². The predicted octanol–water partition coefficient (Wildman–Crippen LogP) is 3.58. The lowest BCUT2D eigenvalue weighted by atomic mass is 10.0. The van der Waals surface area contributed by atoms with Gasteiger partial charge in [-0.25, -0.2) is 4.79 Å². The summed E-state index contributed by atoms with van der Waals surface area (Å²) in [5.74, 6) is 0.886. The number of rotatable bonds is 6. The van der Waals surface area contributed by atoms with Crippen LogP contribution < -0.4 is 10.1 Å². The summed E-state index contributed by atoms with van der Waals surface area (Å²) in [7, 11) is 0. The smallest absolute Gasteiger partial charge is 0.410 e. The van der Waals surface area contributed by atoms with E-state index < -0.39 is 6.09 Å². The van der Waals surface area contributed by atoms with E-state index in [0.29, 0.717) is 18.1 Å². The molecule has 110 valence electrons. The average molecular weight is 277 g/mol. The summed E-state index contributed by atoms with van der Waals surface area (Å²) in [4.78, 5) is 23.0. The minimum Gasteiger partial charge on any atom is -0.410 e. The van der Waals surface area contributed by atoms with Crippen LogP contribution in [0.15, 0.2) is 18.2 Å². The summed E-state index contributed by atoms with van der Waals surface area (Å²) < 4.78 is 5.21. The van der Waals surface area contributed by atoms with Gasteiger partial charge in [0.1, 0.15) is 5.75 Å². The maximum Gasteiger partial charge on any atom is 0.412 e. The molecule has 20 heavy (non-hydrogen) atoms. The standard InChI is InChI=1S/C16H23NO3/c1-5-6-14(18)10-17-16(19)20-15-8-12(4)7-13(9-15)11(2)3/h7-9,11H,5-6,10H2,1-4H3,(H,17,19). The number of nitrogens with one attached hydrogen (secondary N) is 1. The number of Topliss-reactive ketones (excluding diaryl/α,β-unsaturated/α-hetero) is 1. The highest BCUT2D eigenvalue weighted by Crippen LogP contribution is 2.22. The number of aryl methyl sites for hydroxylation is 1. The van der Waals surface area contributed by atoms with Crippen molar-refractivity contribution >= 4 is 11.9 Å². The Kier molecular flexibility index (Phi) is 6.22. The van der Waals surface area contributed by atoms with Crippen molar-refractivity contribution in [1.29, 1.82) is 0 Å². The molecule has 0 atom stereocenters. The quantitative estimate of drug-likeness (QED) is 0.864. The van der Waals surface area contributed by atoms with Gasteiger partial charge in [0.25, 0.3) is 0 Å². The van der Waals surface area contributed by atoms with Gasteiger partial charge in [-0.2, -0.15) is 0 Å². The third kappa shape index (κ3) is 5.43. The summed E-state index contributed by atoms with van der Waals surface area (Å²) >= 11 is 0. The average Bonchev–Trinajstić information content (AvgIpc) is 2.36. The second-order valence-corrected chi connectivity index (χ2v) is 5.27. The number of ketones is 1. The van der Waals surface area contributed by atoms with E-state index in [1.165, 1.54) is 0 Å². The molecule has 1 N–H and O–H groups in total. The van der Waals surface area contributed by atoms with Gasteiger partial charge in [0.05, 0.1) is 6.54 Å². The zero-order chi connectivity index (χ0) is 15.1. The molecule has 0 fully saturated rings. The number of hydrogen-bond donors (Lipinski definition) is 1. The van der Waals surface area contributed by atoms with Crippen LogP contribution in [0, 0.1) is 6.92 Å². The normalized spacial score (nSPS) is 10.4. The summed E-state index contributed by atoms with van der Waals surface area (Å²) in [5, 5.41) is 2.47. The molecule has 0 radical (unpaired) electrons. The highest BCUT2D eigenvalue weighted by atomic mass is 16.6. The molecule has 1 amide bonds. The van der Waals surface area contributed by atoms with Crippen LogP contribution in [0.1, 0.15) is 50.7 Å². The molecule has 0 heterocycles. The van der Waals surface area contributed by atoms with E-state index in [4.69, 9.17) is 4.74 Å². The first-order valence-corrected chi connectivity index (χ1v) is 7.01. The molecule has 0 bridgehead atoms. The first kappa shape index (κ1) is 16.2. The molecule has 0 unspecified atom stereocenters. The molecule has 1 aromatic carbocycles. The topological polar surface area (TPSA) is 55.4 Å². The van der Waals surface area contributed by atoms with Gasteiger partial charge in [0.15, 0.2) is 5.78 Å². The van der Waals surface area contributed by atoms with Crippen LogP contribution in [0.5, 0.6) is 5.75 Å². The lowest BCUT2D eigenvalue weighted by Crippen LogP contribution is -2.31. The Bertz CT molecular complexity index is 481. The molecular weight excluding hydrogens is 254 g/mol. The van der Waals surface area contributed by atoms with Gasteiger partial charge >= 0.3 is 6.09 Å². The molecule has 4 heteroatoms. The Balaban J connectivity index is 2.59. The molecule has 1 aromatic rings. The number of benzene rings is 1. The first-order chi connectivity index (χ1) is 9.42. The van der Waals surface area contributed by atoms with E-state index >= 15 is 0 Å². The lowest BCUT2D eigenvalue weighted by molar-refractivity contribution is -0.118. The van der Waals surface area contributed by atoms with Gasteiger partial charge in [0.2, 0.25) is 0 Å². The summed E-state index contributed by atoms with van der Waals surface area (Å²) in [6.45, 7) is 8.08. The number of carbonyl (C=O) groups is 2. The van der Waals surface area contributed by atoms with Gasteiger partial charge in [-0.1, -0.05) is 26.8 Å². The fraction of sp³-hybridized carbons (Fsp3) is 0.500. The third-order valence-corrected chi connectivity index (χ3v) is 2.91. The fourth-order valence-electron chi connectivity index (χ4n) is 1.85. The van der Waals surface area contributed by atoms with Crippen LogP contribution in [0.25, 0.3) is 0 Å². The van der Waals surface area contributed by atoms with Crippen molar-refractivity contribution < 1.29 is 14.3 Å². The molecule has 4 nitrogen and oxygen atoms in total. The second-order valence-electron chi connectivity index (χ2n) is 5.27. The minimum absolute atomic E-state index is 0.0107. The van der Waals surface area contributed by atoms with Crippen molar-refractivity contribution in [2.75, 3.05) is 6.54 Å². The maximum absolute atomic E-state index is 11.6. The Morgan fingerprint density at radius 3 is 2.55 bits per heavy atom. The number of amides is 1. The molecule has 0 aliphatic heterocycles. The van der Waals surface area contributed by atoms with E-state index in [9.17, 15) is 9.59 Å². The molecular formula is C16H23NO3. The van der Waals surface area contributed by atoms with Crippen molar-refractivity contribution in [2.45, 2.75) is 46.5 Å². The molecule has 0 spiro atoms. The van der Waals surface area contributed by atoms with E-state index in [0.717, 1.165) is 17.5 Å². The minimum atomic E-state index is -0.588. The van der Waals surface area contributed by atoms with Crippen molar-refractivity contribution in [2.24, 2.45) is 0 Å². The van der Waals surface area contributed by atoms with Crippen molar-refractivity contribution in [3.63, 3.8) is 0 Å².